The van der Waals surface area contributed by atoms with E-state index in [1.807, 2.05) is 20.9 Å². The van der Waals surface area contributed by atoms with Gasteiger partial charge in [-0.3, -0.25) is 5.43 Å². The molecule has 1 saturated heterocycles. The maximum Gasteiger partial charge on any atom is 0.0565 e. The molecule has 0 amide bonds. The van der Waals surface area contributed by atoms with Crippen molar-refractivity contribution in [1.29, 1.82) is 0 Å². The first-order chi connectivity index (χ1) is 5.33. The first-order valence-corrected chi connectivity index (χ1v) is 4.43. The Morgan fingerprint density at radius 2 is 1.73 bits per heavy atom. The van der Waals surface area contributed by atoms with Crippen molar-refractivity contribution in [2.24, 2.45) is 0 Å². The highest BCUT2D eigenvalue weighted by Gasteiger charge is 2.14. The van der Waals surface area contributed by atoms with E-state index < -0.39 is 0 Å². The van der Waals surface area contributed by atoms with Gasteiger partial charge in [0.1, 0.15) is 0 Å². The molecule has 1 aliphatic heterocycles. The summed E-state index contributed by atoms with van der Waals surface area (Å²) in [5.41, 5.74) is 3.05. The molecule has 2 N–H and O–H groups in total. The fraction of sp³-hybridized carbons (Fsp3) is 1.00. The third-order valence-electron chi connectivity index (χ3n) is 1.78. The second-order valence-corrected chi connectivity index (χ2v) is 2.44. The second kappa shape index (κ2) is 6.58. The second-order valence-electron chi connectivity index (χ2n) is 2.44. The van der Waals surface area contributed by atoms with Gasteiger partial charge in [0.05, 0.1) is 6.10 Å². The predicted octanol–water partition coefficient (Wildman–Crippen LogP) is 0.604. The molecule has 68 valence electrons. The first-order valence-electron chi connectivity index (χ1n) is 4.43. The summed E-state index contributed by atoms with van der Waals surface area (Å²) in [6.45, 7) is 5.94. The van der Waals surface area contributed by atoms with E-state index in [9.17, 15) is 0 Å². The molecule has 0 radical (unpaired) electrons. The van der Waals surface area contributed by atoms with Crippen LogP contribution in [0.1, 0.15) is 26.7 Å². The molecule has 3 nitrogen and oxygen atoms in total. The molecule has 0 spiro atoms. The Labute approximate surface area is 69.4 Å². The fourth-order valence-electron chi connectivity index (χ4n) is 1.09. The molecule has 11 heavy (non-hydrogen) atoms. The summed E-state index contributed by atoms with van der Waals surface area (Å²) in [5.74, 6) is 0. The number of piperidine rings is 1. The van der Waals surface area contributed by atoms with Crippen LogP contribution in [0.2, 0.25) is 0 Å². The average Bonchev–Trinajstić information content (AvgIpc) is 2.10. The molecule has 0 unspecified atom stereocenters. The van der Waals surface area contributed by atoms with Crippen molar-refractivity contribution >= 4 is 0 Å². The van der Waals surface area contributed by atoms with E-state index in [-0.39, 0.29) is 6.10 Å². The fourth-order valence-corrected chi connectivity index (χ4v) is 1.09. The highest BCUT2D eigenvalue weighted by atomic mass is 16.3. The predicted molar refractivity (Wildman–Crippen MR) is 47.2 cm³/mol. The molecule has 0 aliphatic carbocycles. The SMILES string of the molecule is CC.CNN1CCC(O)CC1. The van der Waals surface area contributed by atoms with E-state index >= 15 is 0 Å². The monoisotopic (exact) mass is 160 g/mol. The summed E-state index contributed by atoms with van der Waals surface area (Å²) in [7, 11) is 1.91. The minimum absolute atomic E-state index is 0.0606. The number of hydrogen-bond donors (Lipinski definition) is 2. The largest absolute Gasteiger partial charge is 0.393 e. The number of nitrogens with one attached hydrogen (secondary N) is 1. The third kappa shape index (κ3) is 4.35. The molecular weight excluding hydrogens is 140 g/mol. The van der Waals surface area contributed by atoms with Crippen LogP contribution < -0.4 is 5.43 Å². The summed E-state index contributed by atoms with van der Waals surface area (Å²) in [5, 5.41) is 11.2. The zero-order valence-corrected chi connectivity index (χ0v) is 7.80. The van der Waals surface area contributed by atoms with E-state index in [1.165, 1.54) is 0 Å². The van der Waals surface area contributed by atoms with Gasteiger partial charge in [0, 0.05) is 13.1 Å². The molecule has 1 aliphatic rings. The summed E-state index contributed by atoms with van der Waals surface area (Å²) < 4.78 is 0. The molecule has 0 saturated carbocycles. The standard InChI is InChI=1S/C6H14N2O.C2H6/c1-7-8-4-2-6(9)3-5-8;1-2/h6-7,9H,2-5H2,1H3;1-2H3. The topological polar surface area (TPSA) is 35.5 Å². The van der Waals surface area contributed by atoms with Crippen LogP contribution in [0.15, 0.2) is 0 Å². The van der Waals surface area contributed by atoms with Crippen molar-refractivity contribution in [3.63, 3.8) is 0 Å². The molecule has 0 aromatic heterocycles. The van der Waals surface area contributed by atoms with Gasteiger partial charge < -0.3 is 5.11 Å². The summed E-state index contributed by atoms with van der Waals surface area (Å²) in [6.07, 6.45) is 1.75. The van der Waals surface area contributed by atoms with Crippen molar-refractivity contribution in [2.45, 2.75) is 32.8 Å². The van der Waals surface area contributed by atoms with E-state index in [0.717, 1.165) is 25.9 Å². The van der Waals surface area contributed by atoms with Crippen molar-refractivity contribution < 1.29 is 5.11 Å². The number of hydrazine groups is 1. The number of aliphatic hydroxyl groups is 1. The van der Waals surface area contributed by atoms with Crippen LogP contribution in [0.25, 0.3) is 0 Å². The van der Waals surface area contributed by atoms with Gasteiger partial charge in [-0.1, -0.05) is 13.8 Å². The zero-order chi connectivity index (χ0) is 8.69. The van der Waals surface area contributed by atoms with Crippen LogP contribution in [-0.4, -0.2) is 36.4 Å². The quantitative estimate of drug-likeness (QED) is 0.590. The van der Waals surface area contributed by atoms with Crippen LogP contribution in [0.5, 0.6) is 0 Å². The van der Waals surface area contributed by atoms with E-state index in [2.05, 4.69) is 10.4 Å². The smallest absolute Gasteiger partial charge is 0.0565 e. The van der Waals surface area contributed by atoms with Crippen LogP contribution in [-0.2, 0) is 0 Å². The minimum atomic E-state index is -0.0606. The Balaban J connectivity index is 0.000000461. The van der Waals surface area contributed by atoms with Gasteiger partial charge in [-0.2, -0.15) is 0 Å². The molecule has 1 fully saturated rings. The van der Waals surface area contributed by atoms with Crippen LogP contribution in [0, 0.1) is 0 Å². The van der Waals surface area contributed by atoms with E-state index in [4.69, 9.17) is 5.11 Å². The van der Waals surface area contributed by atoms with Crippen molar-refractivity contribution in [2.75, 3.05) is 20.1 Å². The molecule has 1 heterocycles. The van der Waals surface area contributed by atoms with Gasteiger partial charge >= 0.3 is 0 Å². The molecule has 0 bridgehead atoms. The number of hydrogen-bond acceptors (Lipinski definition) is 3. The highest BCUT2D eigenvalue weighted by Crippen LogP contribution is 2.06. The van der Waals surface area contributed by atoms with E-state index in [0.29, 0.717) is 0 Å². The van der Waals surface area contributed by atoms with Crippen LogP contribution in [0.3, 0.4) is 0 Å². The van der Waals surface area contributed by atoms with Crippen molar-refractivity contribution in [3.05, 3.63) is 0 Å². The molecule has 0 atom stereocenters. The zero-order valence-electron chi connectivity index (χ0n) is 7.80. The normalized spacial score (nSPS) is 20.7. The molecule has 0 aromatic rings. The maximum absolute atomic E-state index is 9.07. The van der Waals surface area contributed by atoms with Gasteiger partial charge in [-0.25, -0.2) is 5.01 Å². The average molecular weight is 160 g/mol. The van der Waals surface area contributed by atoms with Gasteiger partial charge in [-0.05, 0) is 19.9 Å². The van der Waals surface area contributed by atoms with Crippen LogP contribution >= 0.6 is 0 Å². The lowest BCUT2D eigenvalue weighted by molar-refractivity contribution is 0.0620. The summed E-state index contributed by atoms with van der Waals surface area (Å²) in [4.78, 5) is 0. The summed E-state index contributed by atoms with van der Waals surface area (Å²) >= 11 is 0. The van der Waals surface area contributed by atoms with Gasteiger partial charge in [0.25, 0.3) is 0 Å². The number of rotatable bonds is 1. The molecule has 0 aromatic carbocycles. The minimum Gasteiger partial charge on any atom is -0.393 e. The molecule has 3 heteroatoms. The molecular formula is C8H20N2O. The third-order valence-corrected chi connectivity index (χ3v) is 1.78. The van der Waals surface area contributed by atoms with Crippen LogP contribution in [0.4, 0.5) is 0 Å². The Morgan fingerprint density at radius 3 is 2.09 bits per heavy atom. The Hall–Kier alpha value is -0.120. The Kier molecular flexibility index (Phi) is 6.51. The first kappa shape index (κ1) is 10.9. The maximum atomic E-state index is 9.07. The van der Waals surface area contributed by atoms with Gasteiger partial charge in [0.2, 0.25) is 0 Å². The number of nitrogens with zero attached hydrogens (tertiary/aromatic N) is 1. The van der Waals surface area contributed by atoms with Crippen molar-refractivity contribution in [3.8, 4) is 0 Å². The number of aliphatic hydroxyl groups excluding tert-OH is 1. The van der Waals surface area contributed by atoms with E-state index in [1.54, 1.807) is 0 Å². The lowest BCUT2D eigenvalue weighted by atomic mass is 10.1. The highest BCUT2D eigenvalue weighted by molar-refractivity contribution is 4.67. The Morgan fingerprint density at radius 1 is 1.27 bits per heavy atom. The lowest BCUT2D eigenvalue weighted by Crippen LogP contribution is -2.42. The lowest BCUT2D eigenvalue weighted by Gasteiger charge is -2.28. The van der Waals surface area contributed by atoms with Gasteiger partial charge in [0.15, 0.2) is 0 Å². The summed E-state index contributed by atoms with van der Waals surface area (Å²) in [6, 6.07) is 0. The molecule has 1 rings (SSSR count). The van der Waals surface area contributed by atoms with Gasteiger partial charge in [-0.15, -0.1) is 0 Å². The Bertz CT molecular complexity index is 80.2. The van der Waals surface area contributed by atoms with Crippen molar-refractivity contribution in [1.82, 2.24) is 10.4 Å².